The second kappa shape index (κ2) is 4.49. The van der Waals surface area contributed by atoms with Gasteiger partial charge in [0.2, 0.25) is 5.91 Å². The maximum atomic E-state index is 11.2. The van der Waals surface area contributed by atoms with E-state index in [2.05, 4.69) is 4.52 Å². The highest BCUT2D eigenvalue weighted by molar-refractivity contribution is 7.54. The molecule has 0 spiro atoms. The molecule has 0 bridgehead atoms. The SMILES string of the molecule is CCOP(=O)(CC(N)=O)OC. The zero-order valence-electron chi connectivity index (χ0n) is 6.57. The van der Waals surface area contributed by atoms with E-state index < -0.39 is 13.5 Å². The molecule has 2 N–H and O–H groups in total. The summed E-state index contributed by atoms with van der Waals surface area (Å²) in [5, 5.41) is 0. The van der Waals surface area contributed by atoms with Crippen LogP contribution in [-0.2, 0) is 18.4 Å². The number of hydrogen-bond acceptors (Lipinski definition) is 4. The minimum absolute atomic E-state index is 0.235. The van der Waals surface area contributed by atoms with Gasteiger partial charge in [0, 0.05) is 7.11 Å². The summed E-state index contributed by atoms with van der Waals surface area (Å²) in [7, 11) is -2.01. The van der Waals surface area contributed by atoms with Gasteiger partial charge in [0.15, 0.2) is 0 Å². The Bertz CT molecular complexity index is 181. The lowest BCUT2D eigenvalue weighted by atomic mass is 10.8. The van der Waals surface area contributed by atoms with E-state index in [-0.39, 0.29) is 12.8 Å². The van der Waals surface area contributed by atoms with E-state index >= 15 is 0 Å². The molecule has 0 saturated heterocycles. The number of amides is 1. The zero-order chi connectivity index (χ0) is 8.91. The summed E-state index contributed by atoms with van der Waals surface area (Å²) >= 11 is 0. The Kier molecular flexibility index (Phi) is 4.33. The van der Waals surface area contributed by atoms with Crippen molar-refractivity contribution in [1.82, 2.24) is 0 Å². The minimum Gasteiger partial charge on any atom is -0.369 e. The summed E-state index contributed by atoms with van der Waals surface area (Å²) in [4.78, 5) is 10.3. The second-order valence-electron chi connectivity index (χ2n) is 1.84. The molecule has 0 aromatic carbocycles. The minimum atomic E-state index is -3.23. The third-order valence-electron chi connectivity index (χ3n) is 0.953. The van der Waals surface area contributed by atoms with Crippen molar-refractivity contribution in [2.24, 2.45) is 5.73 Å². The van der Waals surface area contributed by atoms with Gasteiger partial charge in [0.25, 0.3) is 0 Å². The molecular formula is C5H12NO4P. The highest BCUT2D eigenvalue weighted by Crippen LogP contribution is 2.46. The van der Waals surface area contributed by atoms with Crippen molar-refractivity contribution in [2.45, 2.75) is 6.92 Å². The maximum Gasteiger partial charge on any atom is 0.339 e. The van der Waals surface area contributed by atoms with Gasteiger partial charge in [-0.05, 0) is 6.92 Å². The lowest BCUT2D eigenvalue weighted by molar-refractivity contribution is -0.115. The van der Waals surface area contributed by atoms with Gasteiger partial charge in [-0.2, -0.15) is 0 Å². The predicted molar refractivity (Wildman–Crippen MR) is 40.3 cm³/mol. The molecule has 11 heavy (non-hydrogen) atoms. The third-order valence-corrected chi connectivity index (χ3v) is 2.86. The van der Waals surface area contributed by atoms with Crippen molar-refractivity contribution in [1.29, 1.82) is 0 Å². The molecule has 1 amide bonds. The largest absolute Gasteiger partial charge is 0.369 e. The summed E-state index contributed by atoms with van der Waals surface area (Å²) in [5.74, 6) is -0.691. The van der Waals surface area contributed by atoms with E-state index in [0.29, 0.717) is 0 Å². The fourth-order valence-corrected chi connectivity index (χ4v) is 1.65. The van der Waals surface area contributed by atoms with E-state index in [0.717, 1.165) is 0 Å². The van der Waals surface area contributed by atoms with Crippen LogP contribution >= 0.6 is 7.60 Å². The highest BCUT2D eigenvalue weighted by atomic mass is 31.2. The van der Waals surface area contributed by atoms with Crippen LogP contribution in [0.25, 0.3) is 0 Å². The second-order valence-corrected chi connectivity index (χ2v) is 4.00. The summed E-state index contributed by atoms with van der Waals surface area (Å²) in [6.45, 7) is 1.89. The molecule has 1 atom stereocenters. The number of carbonyl (C=O) groups excluding carboxylic acids is 1. The van der Waals surface area contributed by atoms with E-state index in [1.165, 1.54) is 7.11 Å². The standard InChI is InChI=1S/C5H12NO4P/c1-3-10-11(8,9-2)4-5(6)7/h3-4H2,1-2H3,(H2,6,7). The molecule has 0 aliphatic carbocycles. The maximum absolute atomic E-state index is 11.2. The fourth-order valence-electron chi connectivity index (χ4n) is 0.550. The highest BCUT2D eigenvalue weighted by Gasteiger charge is 2.24. The molecule has 0 radical (unpaired) electrons. The lowest BCUT2D eigenvalue weighted by Crippen LogP contribution is -2.17. The molecule has 5 nitrogen and oxygen atoms in total. The molecule has 66 valence electrons. The summed E-state index contributed by atoms with van der Waals surface area (Å²) in [6.07, 6.45) is -0.364. The van der Waals surface area contributed by atoms with Crippen LogP contribution in [0.2, 0.25) is 0 Å². The van der Waals surface area contributed by atoms with Gasteiger partial charge in [-0.1, -0.05) is 0 Å². The smallest absolute Gasteiger partial charge is 0.339 e. The van der Waals surface area contributed by atoms with Gasteiger partial charge < -0.3 is 14.8 Å². The molecule has 0 saturated carbocycles. The normalized spacial score (nSPS) is 15.8. The first-order valence-electron chi connectivity index (χ1n) is 3.11. The predicted octanol–water partition coefficient (Wildman–Crippen LogP) is 0.348. The number of hydrogen-bond donors (Lipinski definition) is 1. The molecule has 0 fully saturated rings. The Morgan fingerprint density at radius 1 is 1.64 bits per heavy atom. The van der Waals surface area contributed by atoms with Gasteiger partial charge in [-0.25, -0.2) is 0 Å². The lowest BCUT2D eigenvalue weighted by Gasteiger charge is -2.12. The number of carbonyl (C=O) groups is 1. The molecule has 0 aromatic rings. The average molecular weight is 181 g/mol. The van der Waals surface area contributed by atoms with E-state index in [1.807, 2.05) is 0 Å². The topological polar surface area (TPSA) is 78.6 Å². The number of nitrogens with two attached hydrogens (primary N) is 1. The zero-order valence-corrected chi connectivity index (χ0v) is 7.47. The Morgan fingerprint density at radius 2 is 2.18 bits per heavy atom. The molecule has 0 aliphatic rings. The summed E-state index contributed by atoms with van der Waals surface area (Å²) < 4.78 is 20.5. The van der Waals surface area contributed by atoms with Crippen molar-refractivity contribution in [3.05, 3.63) is 0 Å². The Labute approximate surface area is 65.4 Å². The Hall–Kier alpha value is -0.380. The van der Waals surface area contributed by atoms with Crippen molar-refractivity contribution in [3.63, 3.8) is 0 Å². The van der Waals surface area contributed by atoms with Gasteiger partial charge in [0.05, 0.1) is 6.61 Å². The van der Waals surface area contributed by atoms with E-state index in [1.54, 1.807) is 6.92 Å². The molecule has 0 rings (SSSR count). The molecule has 0 aromatic heterocycles. The van der Waals surface area contributed by atoms with Crippen LogP contribution in [0.3, 0.4) is 0 Å². The fraction of sp³-hybridized carbons (Fsp3) is 0.800. The van der Waals surface area contributed by atoms with E-state index in [9.17, 15) is 9.36 Å². The summed E-state index contributed by atoms with van der Waals surface area (Å²) in [5.41, 5.74) is 4.81. The van der Waals surface area contributed by atoms with Crippen molar-refractivity contribution in [2.75, 3.05) is 19.9 Å². The van der Waals surface area contributed by atoms with Gasteiger partial charge >= 0.3 is 7.60 Å². The van der Waals surface area contributed by atoms with Crippen molar-refractivity contribution < 1.29 is 18.4 Å². The average Bonchev–Trinajstić information content (AvgIpc) is 1.87. The first kappa shape index (κ1) is 10.6. The third kappa shape index (κ3) is 4.14. The van der Waals surface area contributed by atoms with Crippen molar-refractivity contribution >= 4 is 13.5 Å². The van der Waals surface area contributed by atoms with E-state index in [4.69, 9.17) is 10.3 Å². The molecule has 0 aliphatic heterocycles. The quantitative estimate of drug-likeness (QED) is 0.620. The monoisotopic (exact) mass is 181 g/mol. The van der Waals surface area contributed by atoms with Crippen LogP contribution in [0.5, 0.6) is 0 Å². The molecule has 6 heteroatoms. The van der Waals surface area contributed by atoms with Crippen LogP contribution in [0.1, 0.15) is 6.92 Å². The Morgan fingerprint density at radius 3 is 2.45 bits per heavy atom. The number of primary amides is 1. The van der Waals surface area contributed by atoms with Crippen LogP contribution in [0.4, 0.5) is 0 Å². The number of rotatable bonds is 5. The summed E-state index contributed by atoms with van der Waals surface area (Å²) in [6, 6.07) is 0. The van der Waals surface area contributed by atoms with Gasteiger partial charge in [-0.15, -0.1) is 0 Å². The molecule has 0 heterocycles. The van der Waals surface area contributed by atoms with Crippen LogP contribution < -0.4 is 5.73 Å². The van der Waals surface area contributed by atoms with Crippen LogP contribution in [0.15, 0.2) is 0 Å². The van der Waals surface area contributed by atoms with Crippen LogP contribution in [0, 0.1) is 0 Å². The van der Waals surface area contributed by atoms with Gasteiger partial charge in [0.1, 0.15) is 6.16 Å². The Balaban J connectivity index is 4.10. The first-order valence-corrected chi connectivity index (χ1v) is 4.84. The molecule has 1 unspecified atom stereocenters. The van der Waals surface area contributed by atoms with Crippen LogP contribution in [-0.4, -0.2) is 25.8 Å². The van der Waals surface area contributed by atoms with Gasteiger partial charge in [-0.3, -0.25) is 9.36 Å². The van der Waals surface area contributed by atoms with Crippen molar-refractivity contribution in [3.8, 4) is 0 Å². The first-order chi connectivity index (χ1) is 5.04. The molecular weight excluding hydrogens is 169 g/mol.